The highest BCUT2D eigenvalue weighted by Crippen LogP contribution is 2.24. The Balaban J connectivity index is 1.25. The highest BCUT2D eigenvalue weighted by atomic mass is 32.1. The number of piperazine rings is 1. The fraction of sp³-hybridized carbons (Fsp3) is 0.250. The van der Waals surface area contributed by atoms with Gasteiger partial charge in [-0.2, -0.15) is 9.61 Å². The monoisotopic (exact) mass is 461 g/mol. The molecule has 3 heterocycles. The summed E-state index contributed by atoms with van der Waals surface area (Å²) in [5.41, 5.74) is 2.16. The van der Waals surface area contributed by atoms with Gasteiger partial charge in [-0.25, -0.2) is 4.98 Å². The van der Waals surface area contributed by atoms with E-state index in [0.717, 1.165) is 35.1 Å². The lowest BCUT2D eigenvalue weighted by atomic mass is 10.1. The van der Waals surface area contributed by atoms with Crippen LogP contribution in [0, 0.1) is 0 Å². The largest absolute Gasteiger partial charge is 0.497 e. The van der Waals surface area contributed by atoms with Crippen LogP contribution in [0.5, 0.6) is 5.75 Å². The molecule has 1 aliphatic rings. The first-order chi connectivity index (χ1) is 16.1. The Morgan fingerprint density at radius 2 is 1.76 bits per heavy atom. The summed E-state index contributed by atoms with van der Waals surface area (Å²) >= 11 is 1.41. The fourth-order valence-electron chi connectivity index (χ4n) is 3.89. The van der Waals surface area contributed by atoms with Crippen LogP contribution in [0.3, 0.4) is 0 Å². The normalized spacial score (nSPS) is 14.5. The molecule has 1 fully saturated rings. The van der Waals surface area contributed by atoms with E-state index in [0.29, 0.717) is 30.2 Å². The van der Waals surface area contributed by atoms with Crippen LogP contribution in [0.25, 0.3) is 15.5 Å². The van der Waals surface area contributed by atoms with Crippen molar-refractivity contribution in [3.8, 4) is 16.3 Å². The van der Waals surface area contributed by atoms with Gasteiger partial charge in [0.1, 0.15) is 10.8 Å². The predicted molar refractivity (Wildman–Crippen MR) is 127 cm³/mol. The predicted octanol–water partition coefficient (Wildman–Crippen LogP) is 2.78. The van der Waals surface area contributed by atoms with Crippen molar-refractivity contribution in [1.29, 1.82) is 0 Å². The van der Waals surface area contributed by atoms with Gasteiger partial charge in [-0.1, -0.05) is 41.7 Å². The maximum Gasteiger partial charge on any atom is 0.275 e. The molecular formula is C24H23N5O3S. The molecule has 0 radical (unpaired) electrons. The number of aromatic nitrogens is 3. The Morgan fingerprint density at radius 1 is 1.03 bits per heavy atom. The number of rotatable bonds is 5. The number of carbonyl (C=O) groups is 1. The minimum Gasteiger partial charge on any atom is -0.497 e. The third-order valence-corrected chi connectivity index (χ3v) is 6.66. The molecule has 168 valence electrons. The second-order valence-electron chi connectivity index (χ2n) is 7.85. The number of hydrogen-bond donors (Lipinski definition) is 0. The molecule has 8 nitrogen and oxygen atoms in total. The van der Waals surface area contributed by atoms with Crippen LogP contribution in [0.2, 0.25) is 0 Å². The Bertz CT molecular complexity index is 1330. The van der Waals surface area contributed by atoms with Crippen molar-refractivity contribution in [2.24, 2.45) is 0 Å². The van der Waals surface area contributed by atoms with Gasteiger partial charge < -0.3 is 9.64 Å². The van der Waals surface area contributed by atoms with Crippen LogP contribution in [-0.2, 0) is 6.54 Å². The number of carbonyl (C=O) groups excluding carboxylic acids is 1. The summed E-state index contributed by atoms with van der Waals surface area (Å²) in [7, 11) is 1.61. The average molecular weight is 462 g/mol. The molecule has 5 rings (SSSR count). The van der Waals surface area contributed by atoms with Gasteiger partial charge in [0.15, 0.2) is 0 Å². The van der Waals surface area contributed by atoms with Crippen molar-refractivity contribution in [3.63, 3.8) is 0 Å². The number of ether oxygens (including phenoxy) is 1. The molecule has 0 N–H and O–H groups in total. The molecule has 1 amide bonds. The molecule has 0 spiro atoms. The van der Waals surface area contributed by atoms with E-state index in [9.17, 15) is 9.59 Å². The molecule has 33 heavy (non-hydrogen) atoms. The van der Waals surface area contributed by atoms with Gasteiger partial charge >= 0.3 is 0 Å². The van der Waals surface area contributed by atoms with Gasteiger partial charge in [0.05, 0.1) is 12.8 Å². The lowest BCUT2D eigenvalue weighted by Crippen LogP contribution is -2.48. The van der Waals surface area contributed by atoms with Gasteiger partial charge in [-0.3, -0.25) is 14.5 Å². The summed E-state index contributed by atoms with van der Waals surface area (Å²) in [5.74, 6) is 0.752. The van der Waals surface area contributed by atoms with Crippen molar-refractivity contribution in [1.82, 2.24) is 24.4 Å². The summed E-state index contributed by atoms with van der Waals surface area (Å²) in [6.45, 7) is 3.27. The highest BCUT2D eigenvalue weighted by molar-refractivity contribution is 7.19. The van der Waals surface area contributed by atoms with Crippen LogP contribution < -0.4 is 10.3 Å². The average Bonchev–Trinajstić information content (AvgIpc) is 3.30. The first-order valence-electron chi connectivity index (χ1n) is 10.7. The second kappa shape index (κ2) is 9.13. The Morgan fingerprint density at radius 3 is 2.45 bits per heavy atom. The van der Waals surface area contributed by atoms with Crippen LogP contribution in [0.4, 0.5) is 0 Å². The zero-order valence-corrected chi connectivity index (χ0v) is 19.0. The van der Waals surface area contributed by atoms with Gasteiger partial charge in [-0.15, -0.1) is 0 Å². The van der Waals surface area contributed by atoms with Crippen molar-refractivity contribution in [3.05, 3.63) is 82.3 Å². The van der Waals surface area contributed by atoms with Gasteiger partial charge in [0.25, 0.3) is 11.5 Å². The van der Waals surface area contributed by atoms with Gasteiger partial charge in [-0.05, 0) is 24.3 Å². The van der Waals surface area contributed by atoms with E-state index in [4.69, 9.17) is 4.74 Å². The quantitative estimate of drug-likeness (QED) is 0.455. The zero-order valence-electron chi connectivity index (χ0n) is 18.2. The van der Waals surface area contributed by atoms with E-state index >= 15 is 0 Å². The number of benzene rings is 2. The minimum atomic E-state index is -0.179. The number of amides is 1. The minimum absolute atomic E-state index is 0.0215. The molecular weight excluding hydrogens is 438 g/mol. The molecule has 0 unspecified atom stereocenters. The van der Waals surface area contributed by atoms with E-state index in [1.165, 1.54) is 15.9 Å². The zero-order chi connectivity index (χ0) is 22.8. The molecule has 2 aromatic heterocycles. The smallest absolute Gasteiger partial charge is 0.275 e. The summed E-state index contributed by atoms with van der Waals surface area (Å²) in [6.07, 6.45) is 0. The summed E-state index contributed by atoms with van der Waals surface area (Å²) < 4.78 is 6.52. The number of fused-ring (bicyclic) bond motifs is 1. The number of nitrogens with zero attached hydrogens (tertiary/aromatic N) is 5. The summed E-state index contributed by atoms with van der Waals surface area (Å²) in [5, 5.41) is 5.20. The summed E-state index contributed by atoms with van der Waals surface area (Å²) in [4.78, 5) is 34.7. The topological polar surface area (TPSA) is 80.0 Å². The Labute approximate surface area is 194 Å². The Kier molecular flexibility index (Phi) is 5.89. The molecule has 0 atom stereocenters. The maximum atomic E-state index is 12.8. The lowest BCUT2D eigenvalue weighted by Gasteiger charge is -2.34. The van der Waals surface area contributed by atoms with Crippen molar-refractivity contribution >= 4 is 22.2 Å². The van der Waals surface area contributed by atoms with Crippen LogP contribution in [-0.4, -0.2) is 63.6 Å². The first kappa shape index (κ1) is 21.3. The van der Waals surface area contributed by atoms with E-state index in [2.05, 4.69) is 15.0 Å². The van der Waals surface area contributed by atoms with Crippen molar-refractivity contribution < 1.29 is 9.53 Å². The lowest BCUT2D eigenvalue weighted by molar-refractivity contribution is 0.0627. The SMILES string of the molecule is COc1ccc(C(=O)N2CCN(Cc3cc(=O)n4nc(-c5ccccc5)sc4n3)CC2)cc1. The van der Waals surface area contributed by atoms with Crippen molar-refractivity contribution in [2.45, 2.75) is 6.54 Å². The van der Waals surface area contributed by atoms with E-state index < -0.39 is 0 Å². The van der Waals surface area contributed by atoms with E-state index in [1.807, 2.05) is 35.2 Å². The fourth-order valence-corrected chi connectivity index (χ4v) is 4.82. The maximum absolute atomic E-state index is 12.8. The molecule has 4 aromatic rings. The van der Waals surface area contributed by atoms with E-state index in [1.54, 1.807) is 37.4 Å². The van der Waals surface area contributed by atoms with Crippen LogP contribution >= 0.6 is 11.3 Å². The first-order valence-corrected chi connectivity index (χ1v) is 11.5. The molecule has 0 saturated carbocycles. The molecule has 0 aliphatic carbocycles. The third-order valence-electron chi connectivity index (χ3n) is 5.70. The van der Waals surface area contributed by atoms with Gasteiger partial charge in [0, 0.05) is 49.9 Å². The van der Waals surface area contributed by atoms with Crippen LogP contribution in [0.15, 0.2) is 65.5 Å². The third kappa shape index (κ3) is 4.50. The number of hydrogen-bond acceptors (Lipinski definition) is 7. The van der Waals surface area contributed by atoms with E-state index in [-0.39, 0.29) is 11.5 Å². The van der Waals surface area contributed by atoms with Gasteiger partial charge in [0.2, 0.25) is 4.96 Å². The molecule has 0 bridgehead atoms. The molecule has 1 aliphatic heterocycles. The summed E-state index contributed by atoms with van der Waals surface area (Å²) in [6, 6.07) is 18.5. The molecule has 2 aromatic carbocycles. The molecule has 1 saturated heterocycles. The highest BCUT2D eigenvalue weighted by Gasteiger charge is 2.23. The van der Waals surface area contributed by atoms with Crippen molar-refractivity contribution in [2.75, 3.05) is 33.3 Å². The standard InChI is InChI=1S/C24H23N5O3S/c1-32-20-9-7-18(8-10-20)23(31)28-13-11-27(12-14-28)16-19-15-21(30)29-24(25-19)33-22(26-29)17-5-3-2-4-6-17/h2-10,15H,11-14,16H2,1H3. The molecule has 9 heteroatoms. The second-order valence-corrected chi connectivity index (χ2v) is 8.81. The van der Waals surface area contributed by atoms with Crippen LogP contribution in [0.1, 0.15) is 16.1 Å². The Hall–Kier alpha value is -3.56. The number of methoxy groups -OCH3 is 1.